The van der Waals surface area contributed by atoms with Crippen molar-refractivity contribution in [1.82, 2.24) is 4.90 Å². The van der Waals surface area contributed by atoms with E-state index in [1.165, 1.54) is 0 Å². The zero-order valence-electron chi connectivity index (χ0n) is 15.5. The van der Waals surface area contributed by atoms with E-state index >= 15 is 0 Å². The molecule has 0 spiro atoms. The molecular formula is C18H33NO4. The summed E-state index contributed by atoms with van der Waals surface area (Å²) in [7, 11) is 0. The van der Waals surface area contributed by atoms with Gasteiger partial charge in [-0.1, -0.05) is 13.8 Å². The molecule has 23 heavy (non-hydrogen) atoms. The van der Waals surface area contributed by atoms with E-state index in [0.717, 1.165) is 6.42 Å². The number of carbonyl (C=O) groups is 2. The Hall–Kier alpha value is -0.940. The van der Waals surface area contributed by atoms with Crippen molar-refractivity contribution < 1.29 is 19.1 Å². The van der Waals surface area contributed by atoms with Gasteiger partial charge >= 0.3 is 0 Å². The van der Waals surface area contributed by atoms with Gasteiger partial charge in [-0.25, -0.2) is 0 Å². The minimum Gasteiger partial charge on any atom is -0.377 e. The van der Waals surface area contributed by atoms with Crippen molar-refractivity contribution >= 4 is 11.7 Å². The Labute approximate surface area is 140 Å². The zero-order chi connectivity index (χ0) is 17.6. The van der Waals surface area contributed by atoms with Crippen molar-refractivity contribution in [3.63, 3.8) is 0 Å². The van der Waals surface area contributed by atoms with Gasteiger partial charge in [-0.15, -0.1) is 0 Å². The summed E-state index contributed by atoms with van der Waals surface area (Å²) in [6, 6.07) is 0.0443. The van der Waals surface area contributed by atoms with Gasteiger partial charge in [-0.3, -0.25) is 9.59 Å². The normalized spacial score (nSPS) is 21.7. The first-order valence-electron chi connectivity index (χ1n) is 8.79. The molecule has 1 saturated heterocycles. The molecule has 5 heteroatoms. The van der Waals surface area contributed by atoms with Gasteiger partial charge < -0.3 is 14.4 Å². The van der Waals surface area contributed by atoms with Crippen molar-refractivity contribution in [2.45, 2.75) is 85.2 Å². The third kappa shape index (κ3) is 7.00. The SMILES string of the molecule is CC(C)OC[C@@H]1C[C@@H](OC(C)C)CN1C(=O)CCC(=O)C(C)C. The first-order valence-corrected chi connectivity index (χ1v) is 8.79. The molecule has 1 aliphatic rings. The molecule has 1 fully saturated rings. The van der Waals surface area contributed by atoms with Crippen molar-refractivity contribution in [3.05, 3.63) is 0 Å². The molecule has 1 aliphatic heterocycles. The summed E-state index contributed by atoms with van der Waals surface area (Å²) in [5.41, 5.74) is 0. The average Bonchev–Trinajstić information content (AvgIpc) is 2.84. The Balaban J connectivity index is 2.61. The summed E-state index contributed by atoms with van der Waals surface area (Å²) in [4.78, 5) is 26.1. The average molecular weight is 327 g/mol. The lowest BCUT2D eigenvalue weighted by Crippen LogP contribution is -2.39. The van der Waals surface area contributed by atoms with Crippen LogP contribution in [0.5, 0.6) is 0 Å². The molecule has 0 unspecified atom stereocenters. The largest absolute Gasteiger partial charge is 0.377 e. The molecule has 0 aromatic carbocycles. The Bertz CT molecular complexity index is 392. The van der Waals surface area contributed by atoms with Gasteiger partial charge in [0.15, 0.2) is 0 Å². The maximum atomic E-state index is 12.5. The van der Waals surface area contributed by atoms with Crippen LogP contribution in [0.3, 0.4) is 0 Å². The maximum absolute atomic E-state index is 12.5. The summed E-state index contributed by atoms with van der Waals surface area (Å²) < 4.78 is 11.6. The highest BCUT2D eigenvalue weighted by Gasteiger charge is 2.36. The van der Waals surface area contributed by atoms with E-state index in [1.807, 2.05) is 46.4 Å². The number of ether oxygens (including phenoxy) is 2. The first kappa shape index (κ1) is 20.1. The zero-order valence-corrected chi connectivity index (χ0v) is 15.5. The lowest BCUT2D eigenvalue weighted by molar-refractivity contribution is -0.136. The van der Waals surface area contributed by atoms with E-state index < -0.39 is 0 Å². The predicted octanol–water partition coefficient (Wildman–Crippen LogP) is 2.81. The molecule has 2 atom stereocenters. The van der Waals surface area contributed by atoms with E-state index in [2.05, 4.69) is 0 Å². The number of likely N-dealkylation sites (tertiary alicyclic amines) is 1. The fraction of sp³-hybridized carbons (Fsp3) is 0.889. The third-order valence-electron chi connectivity index (χ3n) is 4.01. The summed E-state index contributed by atoms with van der Waals surface area (Å²) in [6.07, 6.45) is 1.74. The highest BCUT2D eigenvalue weighted by atomic mass is 16.5. The van der Waals surface area contributed by atoms with E-state index in [4.69, 9.17) is 9.47 Å². The molecule has 0 bridgehead atoms. The van der Waals surface area contributed by atoms with Gasteiger partial charge in [0, 0.05) is 25.3 Å². The Kier molecular flexibility index (Phi) is 8.20. The molecule has 0 aliphatic carbocycles. The van der Waals surface area contributed by atoms with E-state index in [-0.39, 0.29) is 48.4 Å². The molecular weight excluding hydrogens is 294 g/mol. The van der Waals surface area contributed by atoms with Gasteiger partial charge in [0.05, 0.1) is 31.0 Å². The van der Waals surface area contributed by atoms with E-state index in [0.29, 0.717) is 19.6 Å². The number of carbonyl (C=O) groups excluding carboxylic acids is 2. The molecule has 1 amide bonds. The predicted molar refractivity (Wildman–Crippen MR) is 90.3 cm³/mol. The highest BCUT2D eigenvalue weighted by molar-refractivity contribution is 5.86. The van der Waals surface area contributed by atoms with Crippen molar-refractivity contribution in [3.8, 4) is 0 Å². The van der Waals surface area contributed by atoms with Crippen LogP contribution in [0.15, 0.2) is 0 Å². The molecule has 1 heterocycles. The lowest BCUT2D eigenvalue weighted by atomic mass is 10.0. The third-order valence-corrected chi connectivity index (χ3v) is 4.01. The smallest absolute Gasteiger partial charge is 0.223 e. The van der Waals surface area contributed by atoms with Gasteiger partial charge in [-0.2, -0.15) is 0 Å². The van der Waals surface area contributed by atoms with Crippen molar-refractivity contribution in [2.75, 3.05) is 13.2 Å². The number of amides is 1. The molecule has 1 rings (SSSR count). The molecule has 0 N–H and O–H groups in total. The quantitative estimate of drug-likeness (QED) is 0.653. The molecule has 0 aromatic heterocycles. The Morgan fingerprint density at radius 3 is 2.22 bits per heavy atom. The number of rotatable bonds is 9. The van der Waals surface area contributed by atoms with Crippen LogP contribution >= 0.6 is 0 Å². The minimum absolute atomic E-state index is 0.0153. The summed E-state index contributed by atoms with van der Waals surface area (Å²) in [6.45, 7) is 12.9. The van der Waals surface area contributed by atoms with Crippen LogP contribution in [0.25, 0.3) is 0 Å². The summed E-state index contributed by atoms with van der Waals surface area (Å²) in [5, 5.41) is 0. The molecule has 0 saturated carbocycles. The Morgan fingerprint density at radius 2 is 1.70 bits per heavy atom. The number of Topliss-reactive ketones (excluding diaryl/α,β-unsaturated/α-hetero) is 1. The topological polar surface area (TPSA) is 55.8 Å². The van der Waals surface area contributed by atoms with E-state index in [1.54, 1.807) is 0 Å². The van der Waals surface area contributed by atoms with Crippen LogP contribution in [-0.2, 0) is 19.1 Å². The molecule has 5 nitrogen and oxygen atoms in total. The van der Waals surface area contributed by atoms with Crippen LogP contribution in [0, 0.1) is 5.92 Å². The number of nitrogens with zero attached hydrogens (tertiary/aromatic N) is 1. The van der Waals surface area contributed by atoms with Gasteiger partial charge in [0.25, 0.3) is 0 Å². The second kappa shape index (κ2) is 9.38. The van der Waals surface area contributed by atoms with Crippen LogP contribution in [0.4, 0.5) is 0 Å². The lowest BCUT2D eigenvalue weighted by Gasteiger charge is -2.25. The standard InChI is InChI=1S/C18H33NO4/c1-12(2)17(20)7-8-18(21)19-10-16(23-14(5)6)9-15(19)11-22-13(3)4/h12-16H,7-11H2,1-6H3/t15-,16+/m0/s1. The first-order chi connectivity index (χ1) is 10.7. The van der Waals surface area contributed by atoms with Crippen molar-refractivity contribution in [2.24, 2.45) is 5.92 Å². The van der Waals surface area contributed by atoms with Gasteiger partial charge in [0.1, 0.15) is 5.78 Å². The molecule has 134 valence electrons. The monoisotopic (exact) mass is 327 g/mol. The molecule has 0 aromatic rings. The highest BCUT2D eigenvalue weighted by Crippen LogP contribution is 2.23. The summed E-state index contributed by atoms with van der Waals surface area (Å²) in [5.74, 6) is 0.159. The second-order valence-electron chi connectivity index (χ2n) is 7.25. The molecule has 0 radical (unpaired) electrons. The minimum atomic E-state index is -0.0153. The fourth-order valence-corrected chi connectivity index (χ4v) is 2.79. The fourth-order valence-electron chi connectivity index (χ4n) is 2.79. The Morgan fingerprint density at radius 1 is 1.04 bits per heavy atom. The van der Waals surface area contributed by atoms with Crippen LogP contribution in [-0.4, -0.2) is 54.1 Å². The maximum Gasteiger partial charge on any atom is 0.223 e. The van der Waals surface area contributed by atoms with Gasteiger partial charge in [-0.05, 0) is 34.1 Å². The second-order valence-corrected chi connectivity index (χ2v) is 7.25. The van der Waals surface area contributed by atoms with Gasteiger partial charge in [0.2, 0.25) is 5.91 Å². The van der Waals surface area contributed by atoms with Crippen LogP contribution < -0.4 is 0 Å². The summed E-state index contributed by atoms with van der Waals surface area (Å²) >= 11 is 0. The number of hydrogen-bond donors (Lipinski definition) is 0. The van der Waals surface area contributed by atoms with Crippen LogP contribution in [0.2, 0.25) is 0 Å². The van der Waals surface area contributed by atoms with Crippen molar-refractivity contribution in [1.29, 1.82) is 0 Å². The number of hydrogen-bond acceptors (Lipinski definition) is 4. The number of ketones is 1. The van der Waals surface area contributed by atoms with Crippen LogP contribution in [0.1, 0.15) is 60.8 Å². The van der Waals surface area contributed by atoms with E-state index in [9.17, 15) is 9.59 Å².